The van der Waals surface area contributed by atoms with Gasteiger partial charge < -0.3 is 14.4 Å². The van der Waals surface area contributed by atoms with Gasteiger partial charge in [-0.1, -0.05) is 29.8 Å². The second-order valence-electron chi connectivity index (χ2n) is 9.14. The predicted molar refractivity (Wildman–Crippen MR) is 140 cm³/mol. The Morgan fingerprint density at radius 1 is 1.06 bits per heavy atom. The molecule has 35 heavy (non-hydrogen) atoms. The largest absolute Gasteiger partial charge is 0.481 e. The first kappa shape index (κ1) is 23.6. The van der Waals surface area contributed by atoms with E-state index in [1.54, 1.807) is 7.11 Å². The number of benzene rings is 2. The SMILES string of the molecule is COc1ccc(-c2ccc3c(c2)c(OCCCN2CCC[C@@H]2C)nn3Cc2ccc(Cl)cc2)cn1. The van der Waals surface area contributed by atoms with E-state index in [0.29, 0.717) is 31.0 Å². The van der Waals surface area contributed by atoms with Gasteiger partial charge in [0.15, 0.2) is 0 Å². The number of hydrogen-bond donors (Lipinski definition) is 0. The summed E-state index contributed by atoms with van der Waals surface area (Å²) in [5.74, 6) is 1.27. The van der Waals surface area contributed by atoms with Gasteiger partial charge in [0.25, 0.3) is 0 Å². The highest BCUT2D eigenvalue weighted by molar-refractivity contribution is 6.30. The van der Waals surface area contributed by atoms with E-state index in [-0.39, 0.29) is 0 Å². The molecule has 4 aromatic rings. The number of fused-ring (bicyclic) bond motifs is 1. The highest BCUT2D eigenvalue weighted by atomic mass is 35.5. The van der Waals surface area contributed by atoms with E-state index in [1.807, 2.05) is 47.3 Å². The van der Waals surface area contributed by atoms with Crippen LogP contribution in [0.25, 0.3) is 22.0 Å². The zero-order valence-corrected chi connectivity index (χ0v) is 21.0. The van der Waals surface area contributed by atoms with E-state index in [1.165, 1.54) is 19.4 Å². The Hall–Kier alpha value is -3.09. The van der Waals surface area contributed by atoms with Crippen LogP contribution in [0.3, 0.4) is 0 Å². The zero-order valence-electron chi connectivity index (χ0n) is 20.3. The van der Waals surface area contributed by atoms with Gasteiger partial charge in [-0.3, -0.25) is 4.68 Å². The van der Waals surface area contributed by atoms with Gasteiger partial charge in [-0.2, -0.15) is 0 Å². The fourth-order valence-electron chi connectivity index (χ4n) is 4.75. The molecule has 7 heteroatoms. The minimum absolute atomic E-state index is 0.599. The maximum absolute atomic E-state index is 6.26. The summed E-state index contributed by atoms with van der Waals surface area (Å²) in [7, 11) is 1.62. The van der Waals surface area contributed by atoms with Crippen molar-refractivity contribution in [3.63, 3.8) is 0 Å². The van der Waals surface area contributed by atoms with Gasteiger partial charge in [0.05, 0.1) is 31.2 Å². The van der Waals surface area contributed by atoms with Crippen LogP contribution >= 0.6 is 11.6 Å². The lowest BCUT2D eigenvalue weighted by Gasteiger charge is -2.20. The van der Waals surface area contributed by atoms with Crippen LogP contribution in [0.2, 0.25) is 5.02 Å². The van der Waals surface area contributed by atoms with Crippen LogP contribution in [-0.2, 0) is 6.54 Å². The molecule has 1 fully saturated rings. The zero-order chi connectivity index (χ0) is 24.2. The molecule has 0 spiro atoms. The molecule has 2 aromatic heterocycles. The van der Waals surface area contributed by atoms with E-state index in [0.717, 1.165) is 45.6 Å². The van der Waals surface area contributed by atoms with Crippen LogP contribution in [0.15, 0.2) is 60.8 Å². The van der Waals surface area contributed by atoms with Gasteiger partial charge in [-0.25, -0.2) is 4.98 Å². The number of aromatic nitrogens is 3. The molecule has 0 amide bonds. The summed E-state index contributed by atoms with van der Waals surface area (Å²) in [5.41, 5.74) is 4.26. The van der Waals surface area contributed by atoms with E-state index in [9.17, 15) is 0 Å². The molecular weight excluding hydrogens is 460 g/mol. The monoisotopic (exact) mass is 490 g/mol. The molecule has 2 aromatic carbocycles. The molecule has 0 radical (unpaired) electrons. The Morgan fingerprint density at radius 3 is 2.60 bits per heavy atom. The van der Waals surface area contributed by atoms with Gasteiger partial charge in [-0.15, -0.1) is 5.10 Å². The maximum atomic E-state index is 6.26. The molecule has 0 bridgehead atoms. The van der Waals surface area contributed by atoms with Crippen molar-refractivity contribution in [2.24, 2.45) is 0 Å². The van der Waals surface area contributed by atoms with Gasteiger partial charge in [0.1, 0.15) is 0 Å². The van der Waals surface area contributed by atoms with E-state index in [2.05, 4.69) is 35.0 Å². The van der Waals surface area contributed by atoms with Crippen LogP contribution in [0.5, 0.6) is 11.8 Å². The number of nitrogens with zero attached hydrogens (tertiary/aromatic N) is 4. The van der Waals surface area contributed by atoms with E-state index >= 15 is 0 Å². The molecule has 1 aliphatic heterocycles. The molecule has 0 N–H and O–H groups in total. The first-order valence-electron chi connectivity index (χ1n) is 12.2. The smallest absolute Gasteiger partial charge is 0.240 e. The Morgan fingerprint density at radius 2 is 1.89 bits per heavy atom. The van der Waals surface area contributed by atoms with Gasteiger partial charge in [0, 0.05) is 35.4 Å². The number of likely N-dealkylation sites (tertiary alicyclic amines) is 1. The summed E-state index contributed by atoms with van der Waals surface area (Å²) in [6, 6.07) is 18.8. The van der Waals surface area contributed by atoms with Crippen LogP contribution in [0.1, 0.15) is 31.7 Å². The quantitative estimate of drug-likeness (QED) is 0.267. The van der Waals surface area contributed by atoms with Crippen molar-refractivity contribution in [3.8, 4) is 22.9 Å². The summed E-state index contributed by atoms with van der Waals surface area (Å²) in [6.45, 7) is 5.86. The first-order valence-corrected chi connectivity index (χ1v) is 12.6. The summed E-state index contributed by atoms with van der Waals surface area (Å²) < 4.78 is 13.5. The lowest BCUT2D eigenvalue weighted by molar-refractivity contribution is 0.227. The average Bonchev–Trinajstić information content (AvgIpc) is 3.45. The number of methoxy groups -OCH3 is 1. The predicted octanol–water partition coefficient (Wildman–Crippen LogP) is 6.06. The number of rotatable bonds is 9. The Kier molecular flexibility index (Phi) is 7.21. The van der Waals surface area contributed by atoms with Gasteiger partial charge >= 0.3 is 0 Å². The molecule has 3 heterocycles. The summed E-state index contributed by atoms with van der Waals surface area (Å²) in [5, 5.41) is 6.60. The molecule has 0 saturated carbocycles. The van der Waals surface area contributed by atoms with Crippen LogP contribution in [-0.4, -0.2) is 52.5 Å². The topological polar surface area (TPSA) is 52.4 Å². The van der Waals surface area contributed by atoms with Crippen molar-refractivity contribution < 1.29 is 9.47 Å². The van der Waals surface area contributed by atoms with Gasteiger partial charge in [-0.05, 0) is 74.2 Å². The summed E-state index contributed by atoms with van der Waals surface area (Å²) >= 11 is 6.08. The highest BCUT2D eigenvalue weighted by Crippen LogP contribution is 2.31. The molecule has 1 aliphatic rings. The Labute approximate surface area is 211 Å². The molecule has 0 unspecified atom stereocenters. The fourth-order valence-corrected chi connectivity index (χ4v) is 4.88. The molecule has 6 nitrogen and oxygen atoms in total. The highest BCUT2D eigenvalue weighted by Gasteiger charge is 2.19. The van der Waals surface area contributed by atoms with Crippen molar-refractivity contribution in [2.45, 2.75) is 38.8 Å². The number of ether oxygens (including phenoxy) is 2. The third-order valence-corrected chi connectivity index (χ3v) is 7.01. The summed E-state index contributed by atoms with van der Waals surface area (Å²) in [6.07, 6.45) is 5.40. The van der Waals surface area contributed by atoms with Crippen molar-refractivity contribution in [1.82, 2.24) is 19.7 Å². The third kappa shape index (κ3) is 5.44. The van der Waals surface area contributed by atoms with E-state index in [4.69, 9.17) is 26.2 Å². The first-order chi connectivity index (χ1) is 17.1. The number of halogens is 1. The molecule has 182 valence electrons. The van der Waals surface area contributed by atoms with Crippen LogP contribution in [0.4, 0.5) is 0 Å². The molecule has 5 rings (SSSR count). The van der Waals surface area contributed by atoms with Crippen LogP contribution < -0.4 is 9.47 Å². The average molecular weight is 491 g/mol. The molecular formula is C28H31ClN4O2. The lowest BCUT2D eigenvalue weighted by atomic mass is 10.1. The minimum atomic E-state index is 0.599. The van der Waals surface area contributed by atoms with Crippen LogP contribution in [0, 0.1) is 0 Å². The van der Waals surface area contributed by atoms with Crippen molar-refractivity contribution in [2.75, 3.05) is 26.8 Å². The Bertz CT molecular complexity index is 1270. The van der Waals surface area contributed by atoms with Crippen molar-refractivity contribution in [1.29, 1.82) is 0 Å². The minimum Gasteiger partial charge on any atom is -0.481 e. The Balaban J connectivity index is 1.40. The number of pyridine rings is 1. The van der Waals surface area contributed by atoms with Crippen molar-refractivity contribution in [3.05, 3.63) is 71.4 Å². The molecule has 1 saturated heterocycles. The second-order valence-corrected chi connectivity index (χ2v) is 9.58. The number of hydrogen-bond acceptors (Lipinski definition) is 5. The molecule has 0 aliphatic carbocycles. The fraction of sp³-hybridized carbons (Fsp3) is 0.357. The standard InChI is InChI=1S/C28H31ClN4O2/c1-20-5-3-14-32(20)15-4-16-35-28-25-17-22(23-9-13-27(34-2)30-18-23)8-12-26(25)33(31-28)19-21-6-10-24(29)11-7-21/h6-13,17-18,20H,3-5,14-16,19H2,1-2H3/t20-/m0/s1. The second kappa shape index (κ2) is 10.7. The maximum Gasteiger partial charge on any atom is 0.240 e. The summed E-state index contributed by atoms with van der Waals surface area (Å²) in [4.78, 5) is 6.91. The molecule has 1 atom stereocenters. The van der Waals surface area contributed by atoms with Crippen molar-refractivity contribution >= 4 is 22.5 Å². The third-order valence-electron chi connectivity index (χ3n) is 6.76. The normalized spacial score (nSPS) is 16.1. The van der Waals surface area contributed by atoms with E-state index < -0.39 is 0 Å². The lowest BCUT2D eigenvalue weighted by Crippen LogP contribution is -2.28. The van der Waals surface area contributed by atoms with Gasteiger partial charge in [0.2, 0.25) is 11.8 Å².